The number of amides is 2. The highest BCUT2D eigenvalue weighted by atomic mass is 35.5. The SMILES string of the molecule is Nc1c(NC(=O)Nc2ccc(Cl)c(C(F)(F)F)c2)cc(C(F)(F)F)cc1[N+](=O)[O-]. The molecular formula is C15H9ClF6N4O3. The van der Waals surface area contributed by atoms with Crippen LogP contribution in [0, 0.1) is 10.1 Å². The van der Waals surface area contributed by atoms with Crippen molar-refractivity contribution in [2.45, 2.75) is 12.4 Å². The van der Waals surface area contributed by atoms with Gasteiger partial charge in [-0.2, -0.15) is 26.3 Å². The number of carbonyl (C=O) groups excluding carboxylic acids is 1. The van der Waals surface area contributed by atoms with Crippen LogP contribution in [0.5, 0.6) is 0 Å². The average molecular weight is 443 g/mol. The molecular weight excluding hydrogens is 434 g/mol. The molecule has 0 aliphatic carbocycles. The van der Waals surface area contributed by atoms with E-state index in [1.807, 2.05) is 10.6 Å². The van der Waals surface area contributed by atoms with Gasteiger partial charge in [0.15, 0.2) is 0 Å². The Morgan fingerprint density at radius 2 is 1.66 bits per heavy atom. The molecule has 2 aromatic carbocycles. The molecule has 7 nitrogen and oxygen atoms in total. The van der Waals surface area contributed by atoms with Gasteiger partial charge in [-0.15, -0.1) is 0 Å². The van der Waals surface area contributed by atoms with E-state index in [0.717, 1.165) is 12.1 Å². The van der Waals surface area contributed by atoms with Crippen molar-refractivity contribution in [1.29, 1.82) is 0 Å². The van der Waals surface area contributed by atoms with Crippen LogP contribution in [0.25, 0.3) is 0 Å². The van der Waals surface area contributed by atoms with Crippen molar-refractivity contribution >= 4 is 40.4 Å². The minimum absolute atomic E-state index is 0.188. The number of carbonyl (C=O) groups is 1. The molecule has 0 heterocycles. The van der Waals surface area contributed by atoms with Crippen molar-refractivity contribution in [3.63, 3.8) is 0 Å². The largest absolute Gasteiger partial charge is 0.417 e. The molecule has 0 atom stereocenters. The standard InChI is InChI=1S/C15H9ClF6N4O3/c16-9-2-1-7(5-8(9)15(20,21)22)24-13(27)25-10-3-6(14(17,18)19)4-11(12(10)23)26(28)29/h1-5H,23H2,(H2,24,25,27). The zero-order chi connectivity index (χ0) is 22.1. The number of nitro benzene ring substituents is 1. The third-order valence-electron chi connectivity index (χ3n) is 3.46. The van der Waals surface area contributed by atoms with Gasteiger partial charge in [0, 0.05) is 11.8 Å². The summed E-state index contributed by atoms with van der Waals surface area (Å²) < 4.78 is 77.3. The van der Waals surface area contributed by atoms with E-state index in [-0.39, 0.29) is 11.8 Å². The van der Waals surface area contributed by atoms with Gasteiger partial charge < -0.3 is 16.4 Å². The van der Waals surface area contributed by atoms with Gasteiger partial charge in [-0.25, -0.2) is 4.79 Å². The first-order chi connectivity index (χ1) is 13.2. The van der Waals surface area contributed by atoms with Gasteiger partial charge in [-0.05, 0) is 24.3 Å². The number of anilines is 3. The molecule has 2 rings (SSSR count). The number of nitro groups is 1. The highest BCUT2D eigenvalue weighted by molar-refractivity contribution is 6.31. The molecule has 2 amide bonds. The van der Waals surface area contributed by atoms with Crippen LogP contribution in [-0.4, -0.2) is 11.0 Å². The third-order valence-corrected chi connectivity index (χ3v) is 3.79. The number of nitrogens with one attached hydrogen (secondary N) is 2. The molecule has 0 aliphatic heterocycles. The summed E-state index contributed by atoms with van der Waals surface area (Å²) in [5.74, 6) is 0. The smallest absolute Gasteiger partial charge is 0.391 e. The van der Waals surface area contributed by atoms with Gasteiger partial charge in [0.25, 0.3) is 5.69 Å². The van der Waals surface area contributed by atoms with Crippen molar-refractivity contribution in [2.24, 2.45) is 0 Å². The first kappa shape index (κ1) is 22.1. The van der Waals surface area contributed by atoms with Gasteiger partial charge in [0.05, 0.1) is 26.8 Å². The number of nitrogen functional groups attached to an aromatic ring is 1. The minimum Gasteiger partial charge on any atom is -0.391 e. The molecule has 4 N–H and O–H groups in total. The summed E-state index contributed by atoms with van der Waals surface area (Å²) in [4.78, 5) is 21.7. The van der Waals surface area contributed by atoms with Crippen molar-refractivity contribution in [1.82, 2.24) is 0 Å². The number of alkyl halides is 6. The molecule has 0 aliphatic rings. The van der Waals surface area contributed by atoms with Gasteiger partial charge in [0.2, 0.25) is 0 Å². The number of hydrogen-bond donors (Lipinski definition) is 3. The van der Waals surface area contributed by atoms with E-state index in [1.165, 1.54) is 0 Å². The van der Waals surface area contributed by atoms with Gasteiger partial charge >= 0.3 is 18.4 Å². The Morgan fingerprint density at radius 1 is 1.03 bits per heavy atom. The lowest BCUT2D eigenvalue weighted by Gasteiger charge is -2.14. The molecule has 0 fully saturated rings. The maximum Gasteiger partial charge on any atom is 0.417 e. The van der Waals surface area contributed by atoms with Crippen molar-refractivity contribution in [3.8, 4) is 0 Å². The van der Waals surface area contributed by atoms with Crippen molar-refractivity contribution < 1.29 is 36.1 Å². The molecule has 156 valence electrons. The zero-order valence-electron chi connectivity index (χ0n) is 13.8. The number of rotatable bonds is 3. The highest BCUT2D eigenvalue weighted by Gasteiger charge is 2.35. The highest BCUT2D eigenvalue weighted by Crippen LogP contribution is 2.39. The molecule has 0 unspecified atom stereocenters. The summed E-state index contributed by atoms with van der Waals surface area (Å²) in [7, 11) is 0. The summed E-state index contributed by atoms with van der Waals surface area (Å²) in [6, 6.07) is 1.61. The minimum atomic E-state index is -4.98. The van der Waals surface area contributed by atoms with Crippen molar-refractivity contribution in [3.05, 3.63) is 56.6 Å². The molecule has 0 aromatic heterocycles. The van der Waals surface area contributed by atoms with E-state index in [9.17, 15) is 41.3 Å². The number of urea groups is 1. The molecule has 29 heavy (non-hydrogen) atoms. The normalized spacial score (nSPS) is 11.8. The van der Waals surface area contributed by atoms with Gasteiger partial charge in [-0.3, -0.25) is 10.1 Å². The molecule has 14 heteroatoms. The maximum atomic E-state index is 12.9. The summed E-state index contributed by atoms with van der Waals surface area (Å²) in [6.07, 6.45) is -9.81. The van der Waals surface area contributed by atoms with E-state index < -0.39 is 56.5 Å². The zero-order valence-corrected chi connectivity index (χ0v) is 14.5. The quantitative estimate of drug-likeness (QED) is 0.252. The summed E-state index contributed by atoms with van der Waals surface area (Å²) in [5, 5.41) is 14.1. The topological polar surface area (TPSA) is 110 Å². The second-order valence-electron chi connectivity index (χ2n) is 5.48. The maximum absolute atomic E-state index is 12.9. The molecule has 0 bridgehead atoms. The molecule has 2 aromatic rings. The van der Waals surface area contributed by atoms with Crippen molar-refractivity contribution in [2.75, 3.05) is 16.4 Å². The number of benzene rings is 2. The fourth-order valence-corrected chi connectivity index (χ4v) is 2.39. The lowest BCUT2D eigenvalue weighted by Crippen LogP contribution is -2.21. The van der Waals surface area contributed by atoms with Crippen LogP contribution in [0.2, 0.25) is 5.02 Å². The number of nitrogens with two attached hydrogens (primary N) is 1. The summed E-state index contributed by atoms with van der Waals surface area (Å²) in [6.45, 7) is 0. The fraction of sp³-hybridized carbons (Fsp3) is 0.133. The lowest BCUT2D eigenvalue weighted by molar-refractivity contribution is -0.384. The Balaban J connectivity index is 2.34. The summed E-state index contributed by atoms with van der Waals surface area (Å²) in [5.41, 5.74) is -0.324. The van der Waals surface area contributed by atoms with E-state index in [2.05, 4.69) is 0 Å². The van der Waals surface area contributed by atoms with Gasteiger partial charge in [0.1, 0.15) is 5.69 Å². The predicted octanol–water partition coefficient (Wildman–Crippen LogP) is 5.51. The molecule has 0 spiro atoms. The lowest BCUT2D eigenvalue weighted by atomic mass is 10.1. The Kier molecular flexibility index (Phi) is 5.83. The number of halogens is 7. The Bertz CT molecular complexity index is 978. The number of nitrogens with zero attached hydrogens (tertiary/aromatic N) is 1. The van der Waals surface area contributed by atoms with Crippen LogP contribution in [-0.2, 0) is 12.4 Å². The molecule has 0 saturated heterocycles. The van der Waals surface area contributed by atoms with Crippen LogP contribution in [0.15, 0.2) is 30.3 Å². The van der Waals surface area contributed by atoms with E-state index in [1.54, 1.807) is 0 Å². The monoisotopic (exact) mass is 442 g/mol. The second kappa shape index (κ2) is 7.66. The third kappa shape index (κ3) is 5.19. The Hall–Kier alpha value is -3.22. The molecule has 0 radical (unpaired) electrons. The van der Waals surface area contributed by atoms with E-state index in [0.29, 0.717) is 12.1 Å². The van der Waals surface area contributed by atoms with E-state index in [4.69, 9.17) is 17.3 Å². The predicted molar refractivity (Wildman–Crippen MR) is 91.6 cm³/mol. The summed E-state index contributed by atoms with van der Waals surface area (Å²) >= 11 is 5.44. The van der Waals surface area contributed by atoms with Crippen LogP contribution in [0.1, 0.15) is 11.1 Å². The molecule has 0 saturated carbocycles. The van der Waals surface area contributed by atoms with Crippen LogP contribution in [0.4, 0.5) is 53.9 Å². The first-order valence-corrected chi connectivity index (χ1v) is 7.68. The van der Waals surface area contributed by atoms with Gasteiger partial charge in [-0.1, -0.05) is 11.6 Å². The average Bonchev–Trinajstić information content (AvgIpc) is 2.56. The second-order valence-corrected chi connectivity index (χ2v) is 5.89. The van der Waals surface area contributed by atoms with Crippen LogP contribution >= 0.6 is 11.6 Å². The van der Waals surface area contributed by atoms with Crippen LogP contribution in [0.3, 0.4) is 0 Å². The first-order valence-electron chi connectivity index (χ1n) is 7.30. The van der Waals surface area contributed by atoms with E-state index >= 15 is 0 Å². The fourth-order valence-electron chi connectivity index (χ4n) is 2.16. The number of hydrogen-bond acceptors (Lipinski definition) is 4. The Morgan fingerprint density at radius 3 is 2.17 bits per heavy atom. The van der Waals surface area contributed by atoms with Crippen LogP contribution < -0.4 is 16.4 Å². The Labute approximate surface area is 162 Å².